The first-order chi connectivity index (χ1) is 7.70. The van der Waals surface area contributed by atoms with Gasteiger partial charge in [0.25, 0.3) is 0 Å². The quantitative estimate of drug-likeness (QED) is 0.804. The van der Waals surface area contributed by atoms with Gasteiger partial charge in [-0.05, 0) is 11.5 Å². The molecule has 88 valence electrons. The van der Waals surface area contributed by atoms with Gasteiger partial charge in [0.05, 0.1) is 12.7 Å². The van der Waals surface area contributed by atoms with Crippen molar-refractivity contribution in [3.05, 3.63) is 29.3 Å². The van der Waals surface area contributed by atoms with Gasteiger partial charge in [0, 0.05) is 18.7 Å². The number of aromatic hydroxyl groups is 1. The lowest BCUT2D eigenvalue weighted by Crippen LogP contribution is -2.33. The molecule has 0 saturated carbocycles. The second-order valence-electron chi connectivity index (χ2n) is 4.50. The van der Waals surface area contributed by atoms with Crippen molar-refractivity contribution in [2.45, 2.75) is 25.9 Å². The van der Waals surface area contributed by atoms with Crippen LogP contribution in [-0.2, 0) is 4.74 Å². The molecule has 1 atom stereocenters. The average Bonchev–Trinajstić information content (AvgIpc) is 2.30. The molecule has 1 saturated heterocycles. The third-order valence-corrected chi connectivity index (χ3v) is 2.99. The van der Waals surface area contributed by atoms with Crippen LogP contribution in [0, 0.1) is 0 Å². The van der Waals surface area contributed by atoms with E-state index in [4.69, 9.17) is 4.74 Å². The molecule has 0 aromatic heterocycles. The molecule has 1 aliphatic rings. The molecule has 2 N–H and O–H groups in total. The van der Waals surface area contributed by atoms with Crippen LogP contribution < -0.4 is 5.32 Å². The monoisotopic (exact) mass is 221 g/mol. The first-order valence-corrected chi connectivity index (χ1v) is 5.84. The fourth-order valence-corrected chi connectivity index (χ4v) is 2.07. The highest BCUT2D eigenvalue weighted by Gasteiger charge is 2.20. The molecule has 0 amide bonds. The Balaban J connectivity index is 2.29. The van der Waals surface area contributed by atoms with Gasteiger partial charge < -0.3 is 15.2 Å². The number of morpholine rings is 1. The van der Waals surface area contributed by atoms with E-state index >= 15 is 0 Å². The molecule has 1 aromatic rings. The molecule has 1 aliphatic heterocycles. The molecule has 3 heteroatoms. The third-order valence-electron chi connectivity index (χ3n) is 2.99. The lowest BCUT2D eigenvalue weighted by molar-refractivity contribution is 0.0262. The molecule has 0 bridgehead atoms. The molecule has 3 nitrogen and oxygen atoms in total. The van der Waals surface area contributed by atoms with Gasteiger partial charge in [-0.3, -0.25) is 0 Å². The van der Waals surface area contributed by atoms with Crippen LogP contribution in [0.25, 0.3) is 0 Å². The molecular formula is C13H19NO2. The molecule has 1 heterocycles. The number of hydrogen-bond donors (Lipinski definition) is 2. The maximum atomic E-state index is 10.2. The SMILES string of the molecule is CC(C)c1cccc(C2CNCCO2)c1O. The van der Waals surface area contributed by atoms with E-state index in [1.165, 1.54) is 0 Å². The van der Waals surface area contributed by atoms with Crippen LogP contribution in [0.4, 0.5) is 0 Å². The van der Waals surface area contributed by atoms with E-state index in [-0.39, 0.29) is 6.10 Å². The van der Waals surface area contributed by atoms with Crippen molar-refractivity contribution in [3.8, 4) is 5.75 Å². The van der Waals surface area contributed by atoms with E-state index in [0.717, 1.165) is 24.2 Å². The first kappa shape index (κ1) is 11.4. The van der Waals surface area contributed by atoms with E-state index in [0.29, 0.717) is 18.3 Å². The maximum absolute atomic E-state index is 10.2. The molecule has 0 aliphatic carbocycles. The standard InChI is InChI=1S/C13H19NO2/c1-9(2)10-4-3-5-11(13(10)15)12-8-14-6-7-16-12/h3-5,9,12,14-15H,6-8H2,1-2H3. The maximum Gasteiger partial charge on any atom is 0.124 e. The first-order valence-electron chi connectivity index (χ1n) is 5.84. The summed E-state index contributed by atoms with van der Waals surface area (Å²) in [5, 5.41) is 13.5. The normalized spacial score (nSPS) is 21.3. The van der Waals surface area contributed by atoms with Gasteiger partial charge in [0.1, 0.15) is 5.75 Å². The fraction of sp³-hybridized carbons (Fsp3) is 0.538. The zero-order chi connectivity index (χ0) is 11.5. The van der Waals surface area contributed by atoms with E-state index in [1.807, 2.05) is 18.2 Å². The van der Waals surface area contributed by atoms with E-state index in [1.54, 1.807) is 0 Å². The zero-order valence-corrected chi connectivity index (χ0v) is 9.86. The van der Waals surface area contributed by atoms with Gasteiger partial charge >= 0.3 is 0 Å². The summed E-state index contributed by atoms with van der Waals surface area (Å²) in [6.07, 6.45) is -0.0209. The van der Waals surface area contributed by atoms with Gasteiger partial charge in [-0.2, -0.15) is 0 Å². The molecule has 16 heavy (non-hydrogen) atoms. The Labute approximate surface area is 96.4 Å². The molecule has 1 unspecified atom stereocenters. The summed E-state index contributed by atoms with van der Waals surface area (Å²) in [4.78, 5) is 0. The summed E-state index contributed by atoms with van der Waals surface area (Å²) in [5.41, 5.74) is 1.89. The largest absolute Gasteiger partial charge is 0.507 e. The van der Waals surface area contributed by atoms with Crippen molar-refractivity contribution in [2.75, 3.05) is 19.7 Å². The van der Waals surface area contributed by atoms with Gasteiger partial charge in [0.15, 0.2) is 0 Å². The zero-order valence-electron chi connectivity index (χ0n) is 9.86. The lowest BCUT2D eigenvalue weighted by Gasteiger charge is -2.25. The summed E-state index contributed by atoms with van der Waals surface area (Å²) in [7, 11) is 0. The Bertz CT molecular complexity index is 357. The van der Waals surface area contributed by atoms with E-state index in [2.05, 4.69) is 19.2 Å². The number of phenols is 1. The van der Waals surface area contributed by atoms with Crippen molar-refractivity contribution in [1.29, 1.82) is 0 Å². The van der Waals surface area contributed by atoms with Crippen LogP contribution in [0.5, 0.6) is 5.75 Å². The van der Waals surface area contributed by atoms with E-state index < -0.39 is 0 Å². The minimum Gasteiger partial charge on any atom is -0.507 e. The Morgan fingerprint density at radius 1 is 1.44 bits per heavy atom. The summed E-state index contributed by atoms with van der Waals surface area (Å²) in [5.74, 6) is 0.725. The number of rotatable bonds is 2. The Kier molecular flexibility index (Phi) is 3.46. The number of ether oxygens (including phenoxy) is 1. The van der Waals surface area contributed by atoms with Crippen LogP contribution in [0.1, 0.15) is 37.0 Å². The summed E-state index contributed by atoms with van der Waals surface area (Å²) in [6.45, 7) is 6.53. The van der Waals surface area contributed by atoms with Gasteiger partial charge in [0.2, 0.25) is 0 Å². The minimum atomic E-state index is -0.0209. The smallest absolute Gasteiger partial charge is 0.124 e. The Morgan fingerprint density at radius 3 is 2.88 bits per heavy atom. The highest BCUT2D eigenvalue weighted by atomic mass is 16.5. The van der Waals surface area contributed by atoms with Crippen LogP contribution in [-0.4, -0.2) is 24.8 Å². The van der Waals surface area contributed by atoms with Crippen LogP contribution in [0.2, 0.25) is 0 Å². The van der Waals surface area contributed by atoms with Gasteiger partial charge in [-0.15, -0.1) is 0 Å². The molecule has 2 rings (SSSR count). The van der Waals surface area contributed by atoms with Crippen molar-refractivity contribution in [1.82, 2.24) is 5.32 Å². The fourth-order valence-electron chi connectivity index (χ4n) is 2.07. The van der Waals surface area contributed by atoms with Crippen molar-refractivity contribution >= 4 is 0 Å². The average molecular weight is 221 g/mol. The predicted molar refractivity (Wildman–Crippen MR) is 63.8 cm³/mol. The summed E-state index contributed by atoms with van der Waals surface area (Å²) in [6, 6.07) is 5.90. The Hall–Kier alpha value is -1.06. The van der Waals surface area contributed by atoms with Crippen molar-refractivity contribution < 1.29 is 9.84 Å². The lowest BCUT2D eigenvalue weighted by atomic mass is 9.96. The molecule has 1 aromatic carbocycles. The van der Waals surface area contributed by atoms with Crippen LogP contribution in [0.15, 0.2) is 18.2 Å². The van der Waals surface area contributed by atoms with Crippen molar-refractivity contribution in [2.24, 2.45) is 0 Å². The summed E-state index contributed by atoms with van der Waals surface area (Å²) >= 11 is 0. The molecule has 0 radical (unpaired) electrons. The number of nitrogens with one attached hydrogen (secondary N) is 1. The van der Waals surface area contributed by atoms with Gasteiger partial charge in [-0.1, -0.05) is 32.0 Å². The number of para-hydroxylation sites is 1. The Morgan fingerprint density at radius 2 is 2.25 bits per heavy atom. The molecule has 0 spiro atoms. The number of hydrogen-bond acceptors (Lipinski definition) is 3. The highest BCUT2D eigenvalue weighted by molar-refractivity contribution is 5.43. The topological polar surface area (TPSA) is 41.5 Å². The summed E-state index contributed by atoms with van der Waals surface area (Å²) < 4.78 is 5.66. The second-order valence-corrected chi connectivity index (χ2v) is 4.50. The molecule has 1 fully saturated rings. The van der Waals surface area contributed by atoms with Gasteiger partial charge in [-0.25, -0.2) is 0 Å². The van der Waals surface area contributed by atoms with Crippen molar-refractivity contribution in [3.63, 3.8) is 0 Å². The minimum absolute atomic E-state index is 0.0209. The number of phenolic OH excluding ortho intramolecular Hbond substituents is 1. The molecular weight excluding hydrogens is 202 g/mol. The van der Waals surface area contributed by atoms with Crippen LogP contribution in [0.3, 0.4) is 0 Å². The highest BCUT2D eigenvalue weighted by Crippen LogP contribution is 2.34. The van der Waals surface area contributed by atoms with Crippen LogP contribution >= 0.6 is 0 Å². The van der Waals surface area contributed by atoms with E-state index in [9.17, 15) is 5.11 Å². The second kappa shape index (κ2) is 4.85. The third kappa shape index (κ3) is 2.20. The number of benzene rings is 1. The predicted octanol–water partition coefficient (Wildman–Crippen LogP) is 2.18.